The number of primary amides is 1. The molecule has 1 amide bonds. The van der Waals surface area contributed by atoms with Crippen LogP contribution in [-0.4, -0.2) is 50.8 Å². The SMILES string of the molecule is CCn1c(=O)c(C(=O)CN2CCCCC2)c(N)n(Cc2cccc(C)n2)c1=O.NC=O. The number of aromatic nitrogens is 3. The molecule has 0 radical (unpaired) electrons. The first-order valence-corrected chi connectivity index (χ1v) is 10.3. The van der Waals surface area contributed by atoms with E-state index in [0.29, 0.717) is 5.69 Å². The number of nitrogens with zero attached hydrogens (tertiary/aromatic N) is 4. The van der Waals surface area contributed by atoms with Crippen LogP contribution in [0, 0.1) is 6.92 Å². The largest absolute Gasteiger partial charge is 0.384 e. The Kier molecular flexibility index (Phi) is 8.68. The highest BCUT2D eigenvalue weighted by Gasteiger charge is 2.24. The molecular weight excluding hydrogens is 400 g/mol. The molecule has 0 saturated carbocycles. The Morgan fingerprint density at radius 1 is 1.16 bits per heavy atom. The molecule has 168 valence electrons. The van der Waals surface area contributed by atoms with Gasteiger partial charge in [0.1, 0.15) is 11.4 Å². The Bertz CT molecular complexity index is 1040. The Hall–Kier alpha value is -3.27. The van der Waals surface area contributed by atoms with Gasteiger partial charge in [0.25, 0.3) is 5.56 Å². The summed E-state index contributed by atoms with van der Waals surface area (Å²) in [6.45, 7) is 5.65. The fourth-order valence-corrected chi connectivity index (χ4v) is 3.66. The maximum Gasteiger partial charge on any atom is 0.332 e. The van der Waals surface area contributed by atoms with Crippen LogP contribution < -0.4 is 22.7 Å². The number of carbonyl (C=O) groups is 2. The summed E-state index contributed by atoms with van der Waals surface area (Å²) < 4.78 is 2.34. The van der Waals surface area contributed by atoms with Crippen molar-refractivity contribution in [2.24, 2.45) is 5.73 Å². The number of aryl methyl sites for hydroxylation is 1. The topological polar surface area (TPSA) is 146 Å². The molecule has 3 heterocycles. The third kappa shape index (κ3) is 5.88. The number of piperidine rings is 1. The first kappa shape index (κ1) is 24.0. The third-order valence-electron chi connectivity index (χ3n) is 5.14. The Morgan fingerprint density at radius 2 is 1.81 bits per heavy atom. The normalized spacial score (nSPS) is 13.9. The molecule has 0 aromatic carbocycles. The molecule has 0 spiro atoms. The predicted octanol–water partition coefficient (Wildman–Crippen LogP) is 0.134. The minimum atomic E-state index is -0.611. The summed E-state index contributed by atoms with van der Waals surface area (Å²) in [5.74, 6) is -0.414. The number of hydrogen-bond acceptors (Lipinski definition) is 7. The first-order chi connectivity index (χ1) is 14.8. The molecule has 1 aliphatic rings. The summed E-state index contributed by atoms with van der Waals surface area (Å²) in [5.41, 5.74) is 10.6. The summed E-state index contributed by atoms with van der Waals surface area (Å²) in [5, 5.41) is 0. The second-order valence-electron chi connectivity index (χ2n) is 7.34. The average Bonchev–Trinajstić information content (AvgIpc) is 2.73. The van der Waals surface area contributed by atoms with Gasteiger partial charge in [-0.25, -0.2) is 4.79 Å². The summed E-state index contributed by atoms with van der Waals surface area (Å²) in [6.07, 6.45) is 3.49. The second kappa shape index (κ2) is 11.2. The number of pyridine rings is 1. The standard InChI is InChI=1S/C20H27N5O3.CH3NO/c1-3-24-19(27)17(16(26)13-23-10-5-4-6-11-23)18(21)25(20(24)28)12-15-9-7-8-14(2)22-15;2-1-3/h7-9H,3-6,10-13,21H2,1-2H3;1H,(H2,2,3). The molecule has 1 aliphatic heterocycles. The van der Waals surface area contributed by atoms with E-state index in [0.717, 1.165) is 42.6 Å². The smallest absolute Gasteiger partial charge is 0.332 e. The van der Waals surface area contributed by atoms with E-state index in [9.17, 15) is 14.4 Å². The molecular formula is C21H30N6O4. The number of rotatable bonds is 6. The van der Waals surface area contributed by atoms with Crippen molar-refractivity contribution >= 4 is 18.0 Å². The van der Waals surface area contributed by atoms with Crippen LogP contribution in [0.15, 0.2) is 27.8 Å². The summed E-state index contributed by atoms with van der Waals surface area (Å²) >= 11 is 0. The van der Waals surface area contributed by atoms with Crippen LogP contribution in [0.4, 0.5) is 5.82 Å². The number of amides is 1. The highest BCUT2D eigenvalue weighted by molar-refractivity contribution is 6.01. The van der Waals surface area contributed by atoms with Crippen LogP contribution in [0.1, 0.15) is 47.9 Å². The number of likely N-dealkylation sites (tertiary alicyclic amines) is 1. The lowest BCUT2D eigenvalue weighted by atomic mass is 10.1. The molecule has 0 atom stereocenters. The van der Waals surface area contributed by atoms with Gasteiger partial charge in [-0.3, -0.25) is 33.4 Å². The van der Waals surface area contributed by atoms with Crippen molar-refractivity contribution in [3.63, 3.8) is 0 Å². The van der Waals surface area contributed by atoms with Crippen molar-refractivity contribution < 1.29 is 9.59 Å². The van der Waals surface area contributed by atoms with Gasteiger partial charge in [0, 0.05) is 12.2 Å². The van der Waals surface area contributed by atoms with Crippen molar-refractivity contribution in [3.05, 3.63) is 56.0 Å². The minimum absolute atomic E-state index is 0.0787. The number of hydrogen-bond donors (Lipinski definition) is 2. The molecule has 0 unspecified atom stereocenters. The number of ketones is 1. The quantitative estimate of drug-likeness (QED) is 0.489. The van der Waals surface area contributed by atoms with E-state index in [-0.39, 0.29) is 43.2 Å². The lowest BCUT2D eigenvalue weighted by Crippen LogP contribution is -2.45. The number of nitrogen functional groups attached to an aromatic ring is 1. The van der Waals surface area contributed by atoms with Gasteiger partial charge in [-0.05, 0) is 51.9 Å². The highest BCUT2D eigenvalue weighted by atomic mass is 16.2. The Balaban J connectivity index is 0.00000107. The molecule has 0 aliphatic carbocycles. The Labute approximate surface area is 180 Å². The molecule has 31 heavy (non-hydrogen) atoms. The molecule has 4 N–H and O–H groups in total. The zero-order valence-corrected chi connectivity index (χ0v) is 18.0. The average molecular weight is 431 g/mol. The van der Waals surface area contributed by atoms with Crippen molar-refractivity contribution in [3.8, 4) is 0 Å². The molecule has 1 saturated heterocycles. The van der Waals surface area contributed by atoms with Gasteiger partial charge in [0.2, 0.25) is 6.41 Å². The number of nitrogens with two attached hydrogens (primary N) is 2. The molecule has 2 aromatic rings. The maximum absolute atomic E-state index is 12.9. The van der Waals surface area contributed by atoms with Gasteiger partial charge in [-0.1, -0.05) is 12.5 Å². The van der Waals surface area contributed by atoms with Gasteiger partial charge in [-0.15, -0.1) is 0 Å². The van der Waals surface area contributed by atoms with E-state index in [1.807, 2.05) is 24.0 Å². The molecule has 0 bridgehead atoms. The number of anilines is 1. The van der Waals surface area contributed by atoms with Crippen molar-refractivity contribution in [2.45, 2.75) is 46.2 Å². The molecule has 10 nitrogen and oxygen atoms in total. The second-order valence-corrected chi connectivity index (χ2v) is 7.34. The minimum Gasteiger partial charge on any atom is -0.384 e. The van der Waals surface area contributed by atoms with Crippen molar-refractivity contribution in [2.75, 3.05) is 25.4 Å². The maximum atomic E-state index is 12.9. The van der Waals surface area contributed by atoms with Crippen LogP contribution >= 0.6 is 0 Å². The zero-order chi connectivity index (χ0) is 23.0. The van der Waals surface area contributed by atoms with E-state index in [1.165, 1.54) is 4.57 Å². The highest BCUT2D eigenvalue weighted by Crippen LogP contribution is 2.13. The third-order valence-corrected chi connectivity index (χ3v) is 5.14. The van der Waals surface area contributed by atoms with Gasteiger partial charge in [0.05, 0.1) is 18.8 Å². The van der Waals surface area contributed by atoms with Gasteiger partial charge in [-0.2, -0.15) is 0 Å². The van der Waals surface area contributed by atoms with Gasteiger partial charge in [0.15, 0.2) is 5.78 Å². The van der Waals surface area contributed by atoms with E-state index in [1.54, 1.807) is 13.0 Å². The lowest BCUT2D eigenvalue weighted by molar-refractivity contribution is -0.106. The summed E-state index contributed by atoms with van der Waals surface area (Å²) in [7, 11) is 0. The van der Waals surface area contributed by atoms with Crippen molar-refractivity contribution in [1.29, 1.82) is 0 Å². The molecule has 2 aromatic heterocycles. The van der Waals surface area contributed by atoms with Crippen LogP contribution in [0.5, 0.6) is 0 Å². The fraction of sp³-hybridized carbons (Fsp3) is 0.476. The van der Waals surface area contributed by atoms with Gasteiger partial charge < -0.3 is 11.5 Å². The fourth-order valence-electron chi connectivity index (χ4n) is 3.66. The number of carbonyl (C=O) groups excluding carboxylic acids is 2. The van der Waals surface area contributed by atoms with E-state index in [4.69, 9.17) is 10.5 Å². The van der Waals surface area contributed by atoms with E-state index >= 15 is 0 Å². The Morgan fingerprint density at radius 3 is 2.39 bits per heavy atom. The predicted molar refractivity (Wildman–Crippen MR) is 118 cm³/mol. The van der Waals surface area contributed by atoms with Crippen LogP contribution in [0.25, 0.3) is 0 Å². The van der Waals surface area contributed by atoms with Crippen molar-refractivity contribution in [1.82, 2.24) is 19.0 Å². The van der Waals surface area contributed by atoms with E-state index < -0.39 is 11.2 Å². The molecule has 3 rings (SSSR count). The lowest BCUT2D eigenvalue weighted by Gasteiger charge is -2.26. The van der Waals surface area contributed by atoms with Crippen LogP contribution in [0.3, 0.4) is 0 Å². The van der Waals surface area contributed by atoms with E-state index in [2.05, 4.69) is 10.7 Å². The molecule has 1 fully saturated rings. The van der Waals surface area contributed by atoms with Crippen LogP contribution in [0.2, 0.25) is 0 Å². The van der Waals surface area contributed by atoms with Crippen LogP contribution in [-0.2, 0) is 17.9 Å². The molecule has 10 heteroatoms. The monoisotopic (exact) mass is 430 g/mol. The first-order valence-electron chi connectivity index (χ1n) is 10.3. The number of Topliss-reactive ketones (excluding diaryl/α,β-unsaturated/α-hetero) is 1. The van der Waals surface area contributed by atoms with Gasteiger partial charge >= 0.3 is 5.69 Å². The summed E-state index contributed by atoms with van der Waals surface area (Å²) in [4.78, 5) is 53.5. The zero-order valence-electron chi connectivity index (χ0n) is 18.0. The summed E-state index contributed by atoms with van der Waals surface area (Å²) in [6, 6.07) is 5.49.